The topological polar surface area (TPSA) is 133 Å². The van der Waals surface area contributed by atoms with E-state index >= 15 is 0 Å². The number of esters is 1. The van der Waals surface area contributed by atoms with Crippen molar-refractivity contribution >= 4 is 33.2 Å². The van der Waals surface area contributed by atoms with Crippen LogP contribution in [0.25, 0.3) is 0 Å². The van der Waals surface area contributed by atoms with Gasteiger partial charge in [0.15, 0.2) is 24.7 Å². The van der Waals surface area contributed by atoms with Crippen molar-refractivity contribution in [2.45, 2.75) is 12.8 Å². The normalized spacial score (nSPS) is 13.3. The average Bonchev–Trinajstić information content (AvgIpc) is 2.74. The maximum atomic E-state index is 12.4. The van der Waals surface area contributed by atoms with Gasteiger partial charge in [-0.25, -0.2) is 13.2 Å². The van der Waals surface area contributed by atoms with Crippen molar-refractivity contribution in [2.24, 2.45) is 0 Å². The van der Waals surface area contributed by atoms with Crippen LogP contribution in [0.4, 0.5) is 11.4 Å². The number of hydrogen-bond donors (Lipinski definition) is 0. The highest BCUT2D eigenvalue weighted by Crippen LogP contribution is 2.30. The lowest BCUT2D eigenvalue weighted by Crippen LogP contribution is -2.34. The summed E-state index contributed by atoms with van der Waals surface area (Å²) in [5.41, 5.74) is 1.28. The number of hydrogen-bond acceptors (Lipinski definition) is 8. The molecule has 3 rings (SSSR count). The first-order valence-electron chi connectivity index (χ1n) is 9.32. The molecule has 0 saturated heterocycles. The number of benzene rings is 2. The minimum atomic E-state index is -3.41. The number of Topliss-reactive ketones (excluding diaryl/α,β-unsaturated/α-hetero) is 1. The third-order valence-electron chi connectivity index (χ3n) is 4.65. The van der Waals surface area contributed by atoms with E-state index in [0.717, 1.165) is 11.8 Å². The average molecular weight is 448 g/mol. The Labute approximate surface area is 178 Å². The van der Waals surface area contributed by atoms with Crippen LogP contribution in [0.1, 0.15) is 22.3 Å². The number of aryl methyl sites for hydroxylation is 1. The van der Waals surface area contributed by atoms with Crippen molar-refractivity contribution in [3.8, 4) is 5.75 Å². The molecule has 0 aromatic heterocycles. The fraction of sp³-hybridized carbons (Fsp3) is 0.300. The zero-order chi connectivity index (χ0) is 22.6. The predicted molar refractivity (Wildman–Crippen MR) is 111 cm³/mol. The molecule has 2 aromatic carbocycles. The molecular weight excluding hydrogens is 428 g/mol. The maximum absolute atomic E-state index is 12.4. The van der Waals surface area contributed by atoms with Gasteiger partial charge >= 0.3 is 11.7 Å². The number of anilines is 1. The number of nitro benzene ring substituents is 1. The van der Waals surface area contributed by atoms with Gasteiger partial charge in [0.05, 0.1) is 16.9 Å². The Kier molecular flexibility index (Phi) is 6.54. The van der Waals surface area contributed by atoms with E-state index in [-0.39, 0.29) is 11.4 Å². The fourth-order valence-electron chi connectivity index (χ4n) is 3.22. The molecule has 1 aliphatic heterocycles. The molecule has 0 saturated carbocycles. The SMILES string of the molecule is CS(=O)(=O)N1CCCc2cc(C(=O)COC(=O)COc3ccccc3[N+](=O)[O-])ccc21. The van der Waals surface area contributed by atoms with Crippen LogP contribution in [0.2, 0.25) is 0 Å². The van der Waals surface area contributed by atoms with Gasteiger partial charge in [0.25, 0.3) is 0 Å². The van der Waals surface area contributed by atoms with Crippen molar-refractivity contribution in [1.82, 2.24) is 0 Å². The first kappa shape index (κ1) is 22.2. The molecule has 1 heterocycles. The minimum Gasteiger partial charge on any atom is -0.475 e. The molecule has 0 unspecified atom stereocenters. The molecule has 10 nitrogen and oxygen atoms in total. The fourth-order valence-corrected chi connectivity index (χ4v) is 4.21. The molecule has 0 radical (unpaired) electrons. The third-order valence-corrected chi connectivity index (χ3v) is 5.83. The number of rotatable bonds is 8. The Hall–Kier alpha value is -3.47. The van der Waals surface area contributed by atoms with Gasteiger partial charge in [0.2, 0.25) is 10.0 Å². The van der Waals surface area contributed by atoms with E-state index in [9.17, 15) is 28.1 Å². The number of carbonyl (C=O) groups excluding carboxylic acids is 2. The largest absolute Gasteiger partial charge is 0.475 e. The summed E-state index contributed by atoms with van der Waals surface area (Å²) >= 11 is 0. The number of ether oxygens (including phenoxy) is 2. The molecule has 0 amide bonds. The summed E-state index contributed by atoms with van der Waals surface area (Å²) in [5, 5.41) is 10.9. The van der Waals surface area contributed by atoms with E-state index in [0.29, 0.717) is 30.6 Å². The summed E-state index contributed by atoms with van der Waals surface area (Å²) in [6.45, 7) is -0.740. The Morgan fingerprint density at radius 1 is 1.16 bits per heavy atom. The Bertz CT molecular complexity index is 1130. The van der Waals surface area contributed by atoms with Crippen LogP contribution in [-0.2, 0) is 26.0 Å². The second-order valence-corrected chi connectivity index (χ2v) is 8.79. The quantitative estimate of drug-likeness (QED) is 0.259. The second kappa shape index (κ2) is 9.13. The van der Waals surface area contributed by atoms with Gasteiger partial charge in [0, 0.05) is 18.2 Å². The summed E-state index contributed by atoms with van der Waals surface area (Å²) < 4.78 is 35.2. The van der Waals surface area contributed by atoms with Crippen LogP contribution >= 0.6 is 0 Å². The maximum Gasteiger partial charge on any atom is 0.344 e. The number of nitro groups is 1. The summed E-state index contributed by atoms with van der Waals surface area (Å²) in [4.78, 5) is 34.6. The molecule has 0 spiro atoms. The first-order valence-corrected chi connectivity index (χ1v) is 11.2. The van der Waals surface area contributed by atoms with Gasteiger partial charge < -0.3 is 9.47 Å². The van der Waals surface area contributed by atoms with Crippen molar-refractivity contribution in [3.63, 3.8) is 0 Å². The zero-order valence-corrected chi connectivity index (χ0v) is 17.5. The summed E-state index contributed by atoms with van der Waals surface area (Å²) in [7, 11) is -3.41. The second-order valence-electron chi connectivity index (χ2n) is 6.88. The molecular formula is C20H20N2O8S. The monoisotopic (exact) mass is 448 g/mol. The van der Waals surface area contributed by atoms with Crippen LogP contribution in [0.15, 0.2) is 42.5 Å². The first-order chi connectivity index (χ1) is 14.7. The summed E-state index contributed by atoms with van der Waals surface area (Å²) in [6, 6.07) is 10.2. The van der Waals surface area contributed by atoms with E-state index in [1.54, 1.807) is 12.1 Å². The smallest absolute Gasteiger partial charge is 0.344 e. The highest BCUT2D eigenvalue weighted by atomic mass is 32.2. The number of ketones is 1. The zero-order valence-electron chi connectivity index (χ0n) is 16.6. The van der Waals surface area contributed by atoms with Crippen LogP contribution in [0, 0.1) is 10.1 Å². The van der Waals surface area contributed by atoms with Gasteiger partial charge in [-0.05, 0) is 42.7 Å². The number of nitrogens with zero attached hydrogens (tertiary/aromatic N) is 2. The van der Waals surface area contributed by atoms with E-state index in [4.69, 9.17) is 9.47 Å². The Balaban J connectivity index is 1.59. The lowest BCUT2D eigenvalue weighted by atomic mass is 9.99. The van der Waals surface area contributed by atoms with Crippen LogP contribution in [0.5, 0.6) is 5.75 Å². The van der Waals surface area contributed by atoms with Crippen LogP contribution in [0.3, 0.4) is 0 Å². The lowest BCUT2D eigenvalue weighted by molar-refractivity contribution is -0.385. The van der Waals surface area contributed by atoms with Crippen molar-refractivity contribution in [3.05, 3.63) is 63.7 Å². The molecule has 0 atom stereocenters. The van der Waals surface area contributed by atoms with Gasteiger partial charge in [-0.3, -0.25) is 19.2 Å². The van der Waals surface area contributed by atoms with Gasteiger partial charge in [-0.1, -0.05) is 12.1 Å². The van der Waals surface area contributed by atoms with Crippen LogP contribution < -0.4 is 9.04 Å². The standard InChI is InChI=1S/C20H20N2O8S/c1-31(27,28)21-10-4-5-14-11-15(8-9-16(14)21)18(23)12-30-20(24)13-29-19-7-3-2-6-17(19)22(25)26/h2-3,6-9,11H,4-5,10,12-13H2,1H3. The molecule has 0 aliphatic carbocycles. The molecule has 2 aromatic rings. The Morgan fingerprint density at radius 3 is 2.61 bits per heavy atom. The highest BCUT2D eigenvalue weighted by Gasteiger charge is 2.25. The molecule has 0 bridgehead atoms. The van der Waals surface area contributed by atoms with E-state index < -0.39 is 39.9 Å². The van der Waals surface area contributed by atoms with Crippen LogP contribution in [-0.4, -0.2) is 51.1 Å². The number of para-hydroxylation sites is 2. The van der Waals surface area contributed by atoms with Crippen molar-refractivity contribution in [2.75, 3.05) is 30.3 Å². The molecule has 164 valence electrons. The Morgan fingerprint density at radius 2 is 1.90 bits per heavy atom. The predicted octanol–water partition coefficient (Wildman–Crippen LogP) is 2.11. The van der Waals surface area contributed by atoms with Gasteiger partial charge in [-0.15, -0.1) is 0 Å². The van der Waals surface area contributed by atoms with Crippen molar-refractivity contribution in [1.29, 1.82) is 0 Å². The van der Waals surface area contributed by atoms with Gasteiger partial charge in [0.1, 0.15) is 0 Å². The summed E-state index contributed by atoms with van der Waals surface area (Å²) in [5.74, 6) is -1.40. The number of carbonyl (C=O) groups is 2. The highest BCUT2D eigenvalue weighted by molar-refractivity contribution is 7.92. The lowest BCUT2D eigenvalue weighted by Gasteiger charge is -2.29. The number of sulfonamides is 1. The van der Waals surface area contributed by atoms with E-state index in [1.165, 1.54) is 34.6 Å². The van der Waals surface area contributed by atoms with Gasteiger partial charge in [-0.2, -0.15) is 0 Å². The molecule has 0 N–H and O–H groups in total. The van der Waals surface area contributed by atoms with E-state index in [1.807, 2.05) is 0 Å². The van der Waals surface area contributed by atoms with Crippen molar-refractivity contribution < 1.29 is 32.4 Å². The summed E-state index contributed by atoms with van der Waals surface area (Å²) in [6.07, 6.45) is 2.40. The molecule has 1 aliphatic rings. The minimum absolute atomic E-state index is 0.0825. The number of fused-ring (bicyclic) bond motifs is 1. The van der Waals surface area contributed by atoms with E-state index in [2.05, 4.69) is 0 Å². The molecule has 31 heavy (non-hydrogen) atoms. The molecule has 11 heteroatoms. The third kappa shape index (κ3) is 5.37. The molecule has 0 fully saturated rings.